The summed E-state index contributed by atoms with van der Waals surface area (Å²) in [6.45, 7) is 11.7. The molecule has 2 aromatic rings. The van der Waals surface area contributed by atoms with E-state index in [4.69, 9.17) is 15.2 Å². The number of carbonyl (C=O) groups is 1. The minimum Gasteiger partial charge on any atom is -0.457 e. The zero-order chi connectivity index (χ0) is 19.6. The van der Waals surface area contributed by atoms with Crippen LogP contribution in [0.3, 0.4) is 0 Å². The fourth-order valence-corrected chi connectivity index (χ4v) is 2.50. The Labute approximate surface area is 155 Å². The van der Waals surface area contributed by atoms with Gasteiger partial charge in [0.25, 0.3) is 0 Å². The molecule has 0 saturated carbocycles. The van der Waals surface area contributed by atoms with Crippen LogP contribution in [0.2, 0.25) is 0 Å². The molecule has 5 heteroatoms. The van der Waals surface area contributed by atoms with E-state index in [1.54, 1.807) is 25.2 Å². The maximum Gasteiger partial charge on any atom is 0.414 e. The average molecular weight is 356 g/mol. The van der Waals surface area contributed by atoms with Crippen LogP contribution in [0.1, 0.15) is 37.5 Å². The van der Waals surface area contributed by atoms with Gasteiger partial charge in [0.15, 0.2) is 0 Å². The molecule has 0 saturated heterocycles. The molecule has 0 heterocycles. The van der Waals surface area contributed by atoms with Crippen molar-refractivity contribution in [2.75, 3.05) is 17.7 Å². The fourth-order valence-electron chi connectivity index (χ4n) is 2.50. The first kappa shape index (κ1) is 19.6. The molecule has 5 nitrogen and oxygen atoms in total. The number of benzene rings is 2. The van der Waals surface area contributed by atoms with Crippen LogP contribution in [0.15, 0.2) is 30.3 Å². The van der Waals surface area contributed by atoms with Gasteiger partial charge in [-0.2, -0.15) is 0 Å². The summed E-state index contributed by atoms with van der Waals surface area (Å²) < 4.78 is 11.4. The van der Waals surface area contributed by atoms with Crippen molar-refractivity contribution < 1.29 is 14.3 Å². The van der Waals surface area contributed by atoms with Gasteiger partial charge in [-0.15, -0.1) is 0 Å². The third kappa shape index (κ3) is 4.69. The molecule has 0 aliphatic carbocycles. The number of nitrogen functional groups attached to an aromatic ring is 1. The molecule has 2 rings (SSSR count). The SMILES string of the molecule is Cc1cc(Oc2ccc(N)c(N(C)C(=O)OC(C)(C)C)c2)cc(C)c1C. The first-order valence-corrected chi connectivity index (χ1v) is 8.60. The Morgan fingerprint density at radius 3 is 2.12 bits per heavy atom. The number of amides is 1. The summed E-state index contributed by atoms with van der Waals surface area (Å²) in [6, 6.07) is 9.24. The molecule has 0 aromatic heterocycles. The number of hydrogen-bond donors (Lipinski definition) is 1. The highest BCUT2D eigenvalue weighted by Gasteiger charge is 2.22. The molecule has 140 valence electrons. The summed E-state index contributed by atoms with van der Waals surface area (Å²) in [4.78, 5) is 13.7. The van der Waals surface area contributed by atoms with Crippen LogP contribution in [0.5, 0.6) is 11.5 Å². The van der Waals surface area contributed by atoms with Crippen LogP contribution < -0.4 is 15.4 Å². The van der Waals surface area contributed by atoms with Gasteiger partial charge in [-0.25, -0.2) is 4.79 Å². The number of hydrogen-bond acceptors (Lipinski definition) is 4. The van der Waals surface area contributed by atoms with Crippen LogP contribution in [0.25, 0.3) is 0 Å². The minimum absolute atomic E-state index is 0.469. The highest BCUT2D eigenvalue weighted by atomic mass is 16.6. The molecule has 0 aliphatic heterocycles. The Bertz CT molecular complexity index is 799. The summed E-state index contributed by atoms with van der Waals surface area (Å²) in [5, 5.41) is 0. The lowest BCUT2D eigenvalue weighted by Crippen LogP contribution is -2.34. The standard InChI is InChI=1S/C21H28N2O3/c1-13-10-17(11-14(2)15(13)3)25-16-8-9-18(22)19(12-16)23(7)20(24)26-21(4,5)6/h8-12H,22H2,1-7H3. The highest BCUT2D eigenvalue weighted by Crippen LogP contribution is 2.32. The van der Waals surface area contributed by atoms with E-state index in [0.717, 1.165) is 5.75 Å². The van der Waals surface area contributed by atoms with Crippen LogP contribution in [0, 0.1) is 20.8 Å². The molecule has 1 amide bonds. The Morgan fingerprint density at radius 1 is 1.00 bits per heavy atom. The van der Waals surface area contributed by atoms with Crippen molar-refractivity contribution in [1.29, 1.82) is 0 Å². The van der Waals surface area contributed by atoms with Crippen molar-refractivity contribution in [2.24, 2.45) is 0 Å². The summed E-state index contributed by atoms with van der Waals surface area (Å²) in [5.41, 5.74) is 10.1. The number of nitrogens with zero attached hydrogens (tertiary/aromatic N) is 1. The summed E-state index contributed by atoms with van der Waals surface area (Å²) in [6.07, 6.45) is -0.469. The molecular weight excluding hydrogens is 328 g/mol. The number of rotatable bonds is 3. The Hall–Kier alpha value is -2.69. The van der Waals surface area contributed by atoms with Crippen molar-refractivity contribution in [3.63, 3.8) is 0 Å². The van der Waals surface area contributed by atoms with E-state index in [1.807, 2.05) is 32.9 Å². The van der Waals surface area contributed by atoms with E-state index in [0.29, 0.717) is 17.1 Å². The minimum atomic E-state index is -0.578. The van der Waals surface area contributed by atoms with Crippen molar-refractivity contribution in [2.45, 2.75) is 47.1 Å². The third-order valence-corrected chi connectivity index (χ3v) is 4.17. The lowest BCUT2D eigenvalue weighted by atomic mass is 10.0. The summed E-state index contributed by atoms with van der Waals surface area (Å²) in [5.74, 6) is 1.36. The third-order valence-electron chi connectivity index (χ3n) is 4.17. The monoisotopic (exact) mass is 356 g/mol. The van der Waals surface area contributed by atoms with Gasteiger partial charge in [0.1, 0.15) is 17.1 Å². The van der Waals surface area contributed by atoms with Crippen LogP contribution in [-0.4, -0.2) is 18.7 Å². The number of ether oxygens (including phenoxy) is 2. The second-order valence-electron chi connectivity index (χ2n) is 7.54. The number of nitrogens with two attached hydrogens (primary N) is 1. The van der Waals surface area contributed by atoms with Gasteiger partial charge in [-0.05, 0) is 82.5 Å². The van der Waals surface area contributed by atoms with Gasteiger partial charge in [-0.1, -0.05) is 0 Å². The molecule has 0 spiro atoms. The number of carbonyl (C=O) groups excluding carboxylic acids is 1. The van der Waals surface area contributed by atoms with Crippen molar-refractivity contribution in [1.82, 2.24) is 0 Å². The van der Waals surface area contributed by atoms with Gasteiger partial charge in [0.05, 0.1) is 11.4 Å². The predicted molar refractivity (Wildman–Crippen MR) is 106 cm³/mol. The second kappa shape index (κ2) is 7.28. The molecule has 0 aliphatic rings. The van der Waals surface area contributed by atoms with Crippen LogP contribution in [0.4, 0.5) is 16.2 Å². The quantitative estimate of drug-likeness (QED) is 0.752. The molecular formula is C21H28N2O3. The maximum absolute atomic E-state index is 12.3. The molecule has 0 radical (unpaired) electrons. The molecule has 0 fully saturated rings. The Balaban J connectivity index is 2.28. The lowest BCUT2D eigenvalue weighted by molar-refractivity contribution is 0.0589. The zero-order valence-electron chi connectivity index (χ0n) is 16.6. The molecule has 0 unspecified atom stereocenters. The van der Waals surface area contributed by atoms with E-state index < -0.39 is 11.7 Å². The van der Waals surface area contributed by atoms with E-state index >= 15 is 0 Å². The molecule has 0 bridgehead atoms. The van der Waals surface area contributed by atoms with Gasteiger partial charge in [0, 0.05) is 13.1 Å². The van der Waals surface area contributed by atoms with E-state index in [9.17, 15) is 4.79 Å². The first-order chi connectivity index (χ1) is 12.0. The van der Waals surface area contributed by atoms with Gasteiger partial charge in [0.2, 0.25) is 0 Å². The van der Waals surface area contributed by atoms with Gasteiger partial charge < -0.3 is 15.2 Å². The number of anilines is 2. The largest absolute Gasteiger partial charge is 0.457 e. The van der Waals surface area contributed by atoms with Crippen molar-refractivity contribution in [3.05, 3.63) is 47.0 Å². The zero-order valence-corrected chi connectivity index (χ0v) is 16.6. The average Bonchev–Trinajstić information content (AvgIpc) is 2.52. The van der Waals surface area contributed by atoms with E-state index in [-0.39, 0.29) is 0 Å². The van der Waals surface area contributed by atoms with Gasteiger partial charge >= 0.3 is 6.09 Å². The van der Waals surface area contributed by atoms with Crippen LogP contribution in [-0.2, 0) is 4.74 Å². The summed E-state index contributed by atoms with van der Waals surface area (Å²) in [7, 11) is 1.63. The maximum atomic E-state index is 12.3. The van der Waals surface area contributed by atoms with Gasteiger partial charge in [-0.3, -0.25) is 4.90 Å². The normalized spacial score (nSPS) is 11.2. The molecule has 26 heavy (non-hydrogen) atoms. The second-order valence-corrected chi connectivity index (χ2v) is 7.54. The predicted octanol–water partition coefficient (Wildman–Crippen LogP) is 5.36. The van der Waals surface area contributed by atoms with Crippen molar-refractivity contribution >= 4 is 17.5 Å². The summed E-state index contributed by atoms with van der Waals surface area (Å²) >= 11 is 0. The van der Waals surface area contributed by atoms with E-state index in [1.165, 1.54) is 21.6 Å². The lowest BCUT2D eigenvalue weighted by Gasteiger charge is -2.25. The Morgan fingerprint density at radius 2 is 1.58 bits per heavy atom. The van der Waals surface area contributed by atoms with E-state index in [2.05, 4.69) is 20.8 Å². The smallest absolute Gasteiger partial charge is 0.414 e. The first-order valence-electron chi connectivity index (χ1n) is 8.60. The molecule has 2 N–H and O–H groups in total. The topological polar surface area (TPSA) is 64.8 Å². The highest BCUT2D eigenvalue weighted by molar-refractivity contribution is 5.91. The Kier molecular flexibility index (Phi) is 5.50. The van der Waals surface area contributed by atoms with Crippen LogP contribution >= 0.6 is 0 Å². The molecule has 2 aromatic carbocycles. The molecule has 0 atom stereocenters. The number of aryl methyl sites for hydroxylation is 2. The van der Waals surface area contributed by atoms with Crippen molar-refractivity contribution in [3.8, 4) is 11.5 Å². The fraction of sp³-hybridized carbons (Fsp3) is 0.381.